The van der Waals surface area contributed by atoms with Gasteiger partial charge in [0, 0.05) is 43.8 Å². The number of carbonyl (C=O) groups is 1. The summed E-state index contributed by atoms with van der Waals surface area (Å²) in [6, 6.07) is 4.62. The van der Waals surface area contributed by atoms with E-state index in [2.05, 4.69) is 14.9 Å². The van der Waals surface area contributed by atoms with Crippen LogP contribution in [0.3, 0.4) is 0 Å². The van der Waals surface area contributed by atoms with Crippen LogP contribution in [0.5, 0.6) is 5.88 Å². The van der Waals surface area contributed by atoms with E-state index >= 15 is 0 Å². The van der Waals surface area contributed by atoms with Crippen molar-refractivity contribution in [2.45, 2.75) is 12.8 Å². The fourth-order valence-corrected chi connectivity index (χ4v) is 3.31. The molecule has 1 aliphatic heterocycles. The standard InChI is InChI=1S/C16H18F2N4O2S/c17-13(18)11-24-14-4-1-3-12(20-14)15(23)21-6-2-7-22(9-8-21)16-19-5-10-25-16/h1,3-5,10,13H,2,6-9,11H2. The minimum absolute atomic E-state index is 0.0328. The third kappa shape index (κ3) is 4.62. The number of hydrogen-bond acceptors (Lipinski definition) is 6. The predicted octanol–water partition coefficient (Wildman–Crippen LogP) is 2.53. The van der Waals surface area contributed by atoms with Crippen LogP contribution in [0.15, 0.2) is 29.8 Å². The monoisotopic (exact) mass is 368 g/mol. The van der Waals surface area contributed by atoms with Crippen LogP contribution in [0.25, 0.3) is 0 Å². The summed E-state index contributed by atoms with van der Waals surface area (Å²) in [5.41, 5.74) is 0.203. The van der Waals surface area contributed by atoms with Crippen LogP contribution >= 0.6 is 11.3 Å². The largest absolute Gasteiger partial charge is 0.472 e. The average Bonchev–Trinajstić information content (AvgIpc) is 3.04. The van der Waals surface area contributed by atoms with Crippen molar-refractivity contribution >= 4 is 22.4 Å². The summed E-state index contributed by atoms with van der Waals surface area (Å²) < 4.78 is 29.4. The topological polar surface area (TPSA) is 58.6 Å². The lowest BCUT2D eigenvalue weighted by Crippen LogP contribution is -2.35. The van der Waals surface area contributed by atoms with Gasteiger partial charge < -0.3 is 14.5 Å². The molecule has 0 bridgehead atoms. The molecule has 0 radical (unpaired) electrons. The highest BCUT2D eigenvalue weighted by Crippen LogP contribution is 2.20. The highest BCUT2D eigenvalue weighted by molar-refractivity contribution is 7.13. The second kappa shape index (κ2) is 8.19. The zero-order valence-corrected chi connectivity index (χ0v) is 14.3. The van der Waals surface area contributed by atoms with Crippen molar-refractivity contribution < 1.29 is 18.3 Å². The highest BCUT2D eigenvalue weighted by Gasteiger charge is 2.22. The van der Waals surface area contributed by atoms with Crippen LogP contribution in [0, 0.1) is 0 Å². The van der Waals surface area contributed by atoms with E-state index in [9.17, 15) is 13.6 Å². The van der Waals surface area contributed by atoms with E-state index in [-0.39, 0.29) is 17.5 Å². The number of aromatic nitrogens is 2. The first-order chi connectivity index (χ1) is 12.1. The number of rotatable bonds is 5. The van der Waals surface area contributed by atoms with Crippen LogP contribution in [0.2, 0.25) is 0 Å². The Balaban J connectivity index is 1.63. The third-order valence-corrected chi connectivity index (χ3v) is 4.61. The Bertz CT molecular complexity index is 699. The molecule has 0 saturated carbocycles. The Kier molecular flexibility index (Phi) is 5.75. The van der Waals surface area contributed by atoms with Gasteiger partial charge in [0.15, 0.2) is 11.7 Å². The first-order valence-corrected chi connectivity index (χ1v) is 8.83. The number of ether oxygens (including phenoxy) is 1. The molecule has 1 saturated heterocycles. The Morgan fingerprint density at radius 1 is 1.28 bits per heavy atom. The maximum Gasteiger partial charge on any atom is 0.272 e. The van der Waals surface area contributed by atoms with E-state index in [4.69, 9.17) is 4.74 Å². The van der Waals surface area contributed by atoms with E-state index in [1.54, 1.807) is 34.6 Å². The second-order valence-electron chi connectivity index (χ2n) is 5.51. The fourth-order valence-electron chi connectivity index (χ4n) is 2.61. The third-order valence-electron chi connectivity index (χ3n) is 3.77. The Morgan fingerprint density at radius 2 is 2.16 bits per heavy atom. The number of amides is 1. The van der Waals surface area contributed by atoms with Gasteiger partial charge in [-0.2, -0.15) is 0 Å². The lowest BCUT2D eigenvalue weighted by atomic mass is 10.3. The van der Waals surface area contributed by atoms with Crippen molar-refractivity contribution in [3.05, 3.63) is 35.5 Å². The van der Waals surface area contributed by atoms with Crippen molar-refractivity contribution in [2.24, 2.45) is 0 Å². The number of thiazole rings is 1. The van der Waals surface area contributed by atoms with E-state index in [1.165, 1.54) is 6.07 Å². The highest BCUT2D eigenvalue weighted by atomic mass is 32.1. The zero-order valence-electron chi connectivity index (χ0n) is 13.5. The van der Waals surface area contributed by atoms with Crippen molar-refractivity contribution in [1.29, 1.82) is 0 Å². The minimum atomic E-state index is -2.58. The molecule has 2 aromatic rings. The van der Waals surface area contributed by atoms with E-state index in [0.717, 1.165) is 18.1 Å². The van der Waals surface area contributed by atoms with Gasteiger partial charge in [-0.25, -0.2) is 18.7 Å². The molecule has 0 N–H and O–H groups in total. The molecule has 0 unspecified atom stereocenters. The molecule has 1 amide bonds. The molecular weight excluding hydrogens is 350 g/mol. The molecule has 3 rings (SSSR count). The number of alkyl halides is 2. The van der Waals surface area contributed by atoms with Gasteiger partial charge in [0.2, 0.25) is 5.88 Å². The van der Waals surface area contributed by atoms with Crippen molar-refractivity contribution in [3.63, 3.8) is 0 Å². The summed E-state index contributed by atoms with van der Waals surface area (Å²) in [5.74, 6) is -0.186. The molecular formula is C16H18F2N4O2S. The van der Waals surface area contributed by atoms with E-state index < -0.39 is 13.0 Å². The van der Waals surface area contributed by atoms with Gasteiger partial charge in [-0.05, 0) is 12.5 Å². The molecule has 1 aliphatic rings. The van der Waals surface area contributed by atoms with Crippen LogP contribution in [0.4, 0.5) is 13.9 Å². The molecule has 3 heterocycles. The summed E-state index contributed by atoms with van der Waals surface area (Å²) in [7, 11) is 0. The first-order valence-electron chi connectivity index (χ1n) is 7.95. The van der Waals surface area contributed by atoms with E-state index in [0.29, 0.717) is 19.6 Å². The van der Waals surface area contributed by atoms with Gasteiger partial charge in [-0.15, -0.1) is 11.3 Å². The van der Waals surface area contributed by atoms with Crippen LogP contribution in [-0.2, 0) is 0 Å². The van der Waals surface area contributed by atoms with Gasteiger partial charge in [-0.1, -0.05) is 6.07 Å². The van der Waals surface area contributed by atoms with Crippen molar-refractivity contribution in [1.82, 2.24) is 14.9 Å². The Labute approximate surface area is 148 Å². The summed E-state index contributed by atoms with van der Waals surface area (Å²) in [4.78, 5) is 24.9. The Morgan fingerprint density at radius 3 is 2.92 bits per heavy atom. The van der Waals surface area contributed by atoms with Gasteiger partial charge in [0.25, 0.3) is 12.3 Å². The maximum atomic E-state index is 12.7. The van der Waals surface area contributed by atoms with Crippen LogP contribution in [-0.4, -0.2) is 60.0 Å². The molecule has 134 valence electrons. The molecule has 0 aromatic carbocycles. The fraction of sp³-hybridized carbons (Fsp3) is 0.438. The normalized spacial score (nSPS) is 15.3. The van der Waals surface area contributed by atoms with Gasteiger partial charge in [0.1, 0.15) is 5.69 Å². The number of anilines is 1. The first kappa shape index (κ1) is 17.5. The molecule has 0 aliphatic carbocycles. The van der Waals surface area contributed by atoms with Gasteiger partial charge in [0.05, 0.1) is 0 Å². The maximum absolute atomic E-state index is 12.7. The van der Waals surface area contributed by atoms with E-state index in [1.807, 2.05) is 5.38 Å². The van der Waals surface area contributed by atoms with Gasteiger partial charge in [-0.3, -0.25) is 4.79 Å². The Hall–Kier alpha value is -2.29. The number of nitrogens with zero attached hydrogens (tertiary/aromatic N) is 4. The number of halogens is 2. The summed E-state index contributed by atoms with van der Waals surface area (Å²) in [6.07, 6.45) is 0.0128. The summed E-state index contributed by atoms with van der Waals surface area (Å²) in [5, 5.41) is 2.88. The molecule has 0 atom stereocenters. The summed E-state index contributed by atoms with van der Waals surface area (Å²) >= 11 is 1.58. The molecule has 6 nitrogen and oxygen atoms in total. The number of pyridine rings is 1. The predicted molar refractivity (Wildman–Crippen MR) is 90.6 cm³/mol. The summed E-state index contributed by atoms with van der Waals surface area (Å²) in [6.45, 7) is 1.97. The van der Waals surface area contributed by atoms with Gasteiger partial charge >= 0.3 is 0 Å². The minimum Gasteiger partial charge on any atom is -0.472 e. The quantitative estimate of drug-likeness (QED) is 0.812. The SMILES string of the molecule is O=C(c1cccc(OCC(F)F)n1)N1CCCN(c2nccs2)CC1. The average molecular weight is 368 g/mol. The lowest BCUT2D eigenvalue weighted by Gasteiger charge is -2.21. The molecule has 9 heteroatoms. The van der Waals surface area contributed by atoms with Crippen molar-refractivity contribution in [3.8, 4) is 5.88 Å². The zero-order chi connectivity index (χ0) is 17.6. The molecule has 2 aromatic heterocycles. The number of carbonyl (C=O) groups excluding carboxylic acids is 1. The van der Waals surface area contributed by atoms with Crippen molar-refractivity contribution in [2.75, 3.05) is 37.7 Å². The smallest absolute Gasteiger partial charge is 0.272 e. The number of hydrogen-bond donors (Lipinski definition) is 0. The van der Waals surface area contributed by atoms with Crippen LogP contribution in [0.1, 0.15) is 16.9 Å². The lowest BCUT2D eigenvalue weighted by molar-refractivity contribution is 0.0747. The second-order valence-corrected chi connectivity index (χ2v) is 6.38. The molecule has 1 fully saturated rings. The molecule has 0 spiro atoms. The molecule has 25 heavy (non-hydrogen) atoms. The van der Waals surface area contributed by atoms with Crippen LogP contribution < -0.4 is 9.64 Å².